The van der Waals surface area contributed by atoms with Gasteiger partial charge in [-0.15, -0.1) is 0 Å². The second kappa shape index (κ2) is 11.2. The summed E-state index contributed by atoms with van der Waals surface area (Å²) in [6.07, 6.45) is -4.01. The normalized spacial score (nSPS) is 24.9. The summed E-state index contributed by atoms with van der Waals surface area (Å²) in [4.78, 5) is 15.7. The van der Waals surface area contributed by atoms with Crippen LogP contribution in [0.4, 0.5) is 18.9 Å². The molecule has 2 heterocycles. The molecule has 2 atom stereocenters. The van der Waals surface area contributed by atoms with Crippen LogP contribution in [0.3, 0.4) is 0 Å². The van der Waals surface area contributed by atoms with E-state index in [0.717, 1.165) is 13.1 Å². The Hall–Kier alpha value is -1.62. The molecule has 0 spiro atoms. The molecule has 0 aromatic heterocycles. The standard InChI is InChI=1S/C24H32ClF3N4O2S/c1-16(2)35-31-11-9-30(10-12-31)21-15-29-32(19-7-4-6-18(25)14-19)23(33)22(21)34-20-8-3-5-17(13-20)24(26,27)28/h4,6-7,14,16-17,20,29H,3,5,8-13,15H2,1-2H3. The average molecular weight is 533 g/mol. The van der Waals surface area contributed by atoms with E-state index >= 15 is 0 Å². The molecular formula is C24H32ClF3N4O2S. The number of nitrogens with zero attached hydrogens (tertiary/aromatic N) is 3. The van der Waals surface area contributed by atoms with Gasteiger partial charge in [-0.25, -0.2) is 14.7 Å². The summed E-state index contributed by atoms with van der Waals surface area (Å²) in [5.74, 6) is -1.68. The van der Waals surface area contributed by atoms with Crippen LogP contribution in [0.5, 0.6) is 0 Å². The molecule has 1 saturated heterocycles. The highest BCUT2D eigenvalue weighted by molar-refractivity contribution is 7.97. The highest BCUT2D eigenvalue weighted by Crippen LogP contribution is 2.39. The first-order valence-corrected chi connectivity index (χ1v) is 13.3. The summed E-state index contributed by atoms with van der Waals surface area (Å²) in [6.45, 7) is 7.71. The van der Waals surface area contributed by atoms with Crippen molar-refractivity contribution in [1.29, 1.82) is 0 Å². The molecule has 6 nitrogen and oxygen atoms in total. The third-order valence-corrected chi connectivity index (χ3v) is 7.80. The number of carbonyl (C=O) groups excluding carboxylic acids is 1. The molecule has 2 unspecified atom stereocenters. The van der Waals surface area contributed by atoms with E-state index in [1.807, 2.05) is 0 Å². The Morgan fingerprint density at radius 1 is 1.17 bits per heavy atom. The maximum atomic E-state index is 13.6. The monoisotopic (exact) mass is 532 g/mol. The Labute approximate surface area is 213 Å². The Balaban J connectivity index is 1.57. The van der Waals surface area contributed by atoms with Gasteiger partial charge in [0.1, 0.15) is 0 Å². The van der Waals surface area contributed by atoms with Crippen LogP contribution < -0.4 is 10.4 Å². The van der Waals surface area contributed by atoms with E-state index in [-0.39, 0.29) is 18.6 Å². The number of carbonyl (C=O) groups is 1. The first-order valence-electron chi connectivity index (χ1n) is 12.1. The Bertz CT molecular complexity index is 938. The molecule has 0 radical (unpaired) electrons. The van der Waals surface area contributed by atoms with Crippen LogP contribution in [0.1, 0.15) is 39.5 Å². The van der Waals surface area contributed by atoms with Crippen molar-refractivity contribution in [3.05, 3.63) is 40.7 Å². The lowest BCUT2D eigenvalue weighted by molar-refractivity contribution is -0.190. The first-order chi connectivity index (χ1) is 16.6. The number of amides is 1. The van der Waals surface area contributed by atoms with Crippen molar-refractivity contribution in [2.24, 2.45) is 5.92 Å². The van der Waals surface area contributed by atoms with E-state index in [9.17, 15) is 18.0 Å². The van der Waals surface area contributed by atoms with Gasteiger partial charge >= 0.3 is 12.1 Å². The molecule has 2 fully saturated rings. The number of nitrogens with one attached hydrogen (secondary N) is 1. The van der Waals surface area contributed by atoms with Gasteiger partial charge in [0.15, 0.2) is 0 Å². The number of piperazine rings is 1. The molecule has 35 heavy (non-hydrogen) atoms. The summed E-state index contributed by atoms with van der Waals surface area (Å²) in [7, 11) is 0. The van der Waals surface area contributed by atoms with Crippen LogP contribution in [0, 0.1) is 5.92 Å². The maximum absolute atomic E-state index is 13.6. The number of rotatable bonds is 6. The van der Waals surface area contributed by atoms with E-state index in [0.29, 0.717) is 54.1 Å². The Kier molecular flexibility index (Phi) is 8.45. The molecular weight excluding hydrogens is 501 g/mol. The van der Waals surface area contributed by atoms with Crippen molar-refractivity contribution in [2.75, 3.05) is 37.7 Å². The molecule has 1 aromatic carbocycles. The van der Waals surface area contributed by atoms with Gasteiger partial charge in [-0.1, -0.05) is 43.5 Å². The predicted octanol–water partition coefficient (Wildman–Crippen LogP) is 5.21. The van der Waals surface area contributed by atoms with E-state index in [4.69, 9.17) is 16.3 Å². The summed E-state index contributed by atoms with van der Waals surface area (Å²) in [5.41, 5.74) is 4.41. The smallest absolute Gasteiger partial charge is 0.391 e. The van der Waals surface area contributed by atoms with Crippen LogP contribution in [-0.4, -0.2) is 65.4 Å². The average Bonchev–Trinajstić information content (AvgIpc) is 2.80. The topological polar surface area (TPSA) is 48.1 Å². The highest BCUT2D eigenvalue weighted by Gasteiger charge is 2.44. The lowest BCUT2D eigenvalue weighted by Gasteiger charge is -2.41. The largest absolute Gasteiger partial charge is 0.483 e. The van der Waals surface area contributed by atoms with E-state index in [1.54, 1.807) is 36.2 Å². The van der Waals surface area contributed by atoms with Crippen LogP contribution in [0.2, 0.25) is 5.02 Å². The van der Waals surface area contributed by atoms with E-state index in [1.165, 1.54) is 5.01 Å². The van der Waals surface area contributed by atoms with Crippen molar-refractivity contribution in [1.82, 2.24) is 14.6 Å². The number of alkyl halides is 3. The molecule has 194 valence electrons. The SMILES string of the molecule is CC(C)SN1CCN(C2=C(OC3CCCC(C(F)(F)F)C3)C(=O)N(c3cccc(Cl)c3)NC2)CC1. The third kappa shape index (κ3) is 6.58. The zero-order valence-electron chi connectivity index (χ0n) is 20.0. The van der Waals surface area contributed by atoms with Crippen molar-refractivity contribution < 1.29 is 22.7 Å². The van der Waals surface area contributed by atoms with E-state index in [2.05, 4.69) is 28.5 Å². The fourth-order valence-corrected chi connectivity index (χ4v) is 5.96. The molecule has 3 aliphatic rings. The van der Waals surface area contributed by atoms with E-state index < -0.39 is 24.1 Å². The molecule has 4 rings (SSSR count). The van der Waals surface area contributed by atoms with Crippen LogP contribution in [0.25, 0.3) is 0 Å². The maximum Gasteiger partial charge on any atom is 0.391 e. The first kappa shape index (κ1) is 26.4. The second-order valence-corrected chi connectivity index (χ2v) is 11.6. The molecule has 1 aromatic rings. The number of benzene rings is 1. The number of hydrogen-bond donors (Lipinski definition) is 1. The van der Waals surface area contributed by atoms with Gasteiger partial charge in [-0.05, 0) is 43.9 Å². The van der Waals surface area contributed by atoms with Crippen molar-refractivity contribution >= 4 is 35.1 Å². The van der Waals surface area contributed by atoms with Crippen molar-refractivity contribution in [3.63, 3.8) is 0 Å². The fraction of sp³-hybridized carbons (Fsp3) is 0.625. The summed E-state index contributed by atoms with van der Waals surface area (Å²) in [5, 5.41) is 2.34. The number of anilines is 1. The highest BCUT2D eigenvalue weighted by atomic mass is 35.5. The molecule has 1 amide bonds. The van der Waals surface area contributed by atoms with Gasteiger partial charge in [0, 0.05) is 36.5 Å². The lowest BCUT2D eigenvalue weighted by atomic mass is 9.86. The zero-order valence-corrected chi connectivity index (χ0v) is 21.6. The van der Waals surface area contributed by atoms with Gasteiger partial charge in [0.25, 0.3) is 0 Å². The molecule has 1 N–H and O–H groups in total. The van der Waals surface area contributed by atoms with Crippen LogP contribution >= 0.6 is 23.5 Å². The van der Waals surface area contributed by atoms with Gasteiger partial charge < -0.3 is 9.64 Å². The number of ether oxygens (including phenoxy) is 1. The van der Waals surface area contributed by atoms with Crippen LogP contribution in [-0.2, 0) is 9.53 Å². The van der Waals surface area contributed by atoms with Gasteiger partial charge in [0.05, 0.1) is 30.0 Å². The zero-order chi connectivity index (χ0) is 25.2. The Morgan fingerprint density at radius 3 is 2.57 bits per heavy atom. The summed E-state index contributed by atoms with van der Waals surface area (Å²) >= 11 is 7.94. The number of hydrazine groups is 1. The molecule has 2 aliphatic heterocycles. The van der Waals surface area contributed by atoms with Crippen molar-refractivity contribution in [2.45, 2.75) is 57.1 Å². The lowest BCUT2D eigenvalue weighted by Crippen LogP contribution is -2.54. The molecule has 11 heteroatoms. The second-order valence-electron chi connectivity index (χ2n) is 9.45. The minimum absolute atomic E-state index is 0.106. The minimum Gasteiger partial charge on any atom is -0.483 e. The van der Waals surface area contributed by atoms with Crippen LogP contribution in [0.15, 0.2) is 35.7 Å². The minimum atomic E-state index is -4.26. The Morgan fingerprint density at radius 2 is 1.91 bits per heavy atom. The predicted molar refractivity (Wildman–Crippen MR) is 133 cm³/mol. The molecule has 1 saturated carbocycles. The summed E-state index contributed by atoms with van der Waals surface area (Å²) < 4.78 is 48.7. The summed E-state index contributed by atoms with van der Waals surface area (Å²) in [6, 6.07) is 6.87. The van der Waals surface area contributed by atoms with Gasteiger partial charge in [-0.3, -0.25) is 4.79 Å². The number of hydrogen-bond acceptors (Lipinski definition) is 6. The van der Waals surface area contributed by atoms with Gasteiger partial charge in [-0.2, -0.15) is 13.2 Å². The quantitative estimate of drug-likeness (QED) is 0.507. The van der Waals surface area contributed by atoms with Crippen molar-refractivity contribution in [3.8, 4) is 0 Å². The third-order valence-electron chi connectivity index (χ3n) is 6.48. The number of halogens is 4. The molecule has 1 aliphatic carbocycles. The van der Waals surface area contributed by atoms with Gasteiger partial charge in [0.2, 0.25) is 5.76 Å². The molecule has 0 bridgehead atoms. The fourth-order valence-electron chi connectivity index (χ4n) is 4.81.